The summed E-state index contributed by atoms with van der Waals surface area (Å²) in [4.78, 5) is 17.5. The summed E-state index contributed by atoms with van der Waals surface area (Å²) in [7, 11) is 0. The highest BCUT2D eigenvalue weighted by Crippen LogP contribution is 2.39. The van der Waals surface area contributed by atoms with E-state index in [9.17, 15) is 4.79 Å². The molecule has 1 N–H and O–H groups in total. The van der Waals surface area contributed by atoms with Gasteiger partial charge in [-0.3, -0.25) is 9.69 Å². The quantitative estimate of drug-likeness (QED) is 0.908. The molecule has 1 amide bonds. The van der Waals surface area contributed by atoms with Gasteiger partial charge in [-0.2, -0.15) is 5.10 Å². The van der Waals surface area contributed by atoms with Gasteiger partial charge in [-0.25, -0.2) is 0 Å². The minimum atomic E-state index is -0.179. The van der Waals surface area contributed by atoms with E-state index in [2.05, 4.69) is 25.3 Å². The van der Waals surface area contributed by atoms with Gasteiger partial charge in [0.1, 0.15) is 5.54 Å². The van der Waals surface area contributed by atoms with E-state index in [-0.39, 0.29) is 11.4 Å². The first-order valence-corrected chi connectivity index (χ1v) is 8.87. The molecule has 0 spiro atoms. The van der Waals surface area contributed by atoms with Crippen LogP contribution in [-0.4, -0.2) is 58.8 Å². The molecule has 0 bridgehead atoms. The summed E-state index contributed by atoms with van der Waals surface area (Å²) >= 11 is 0. The summed E-state index contributed by atoms with van der Waals surface area (Å²) in [5.74, 6) is 1.22. The van der Waals surface area contributed by atoms with Gasteiger partial charge in [0.25, 0.3) is 0 Å². The first kappa shape index (κ1) is 14.9. The summed E-state index contributed by atoms with van der Waals surface area (Å²) < 4.78 is 0. The van der Waals surface area contributed by atoms with E-state index in [1.54, 1.807) is 6.20 Å². The minimum absolute atomic E-state index is 0.179. The van der Waals surface area contributed by atoms with Gasteiger partial charge in [-0.05, 0) is 63.7 Å². The van der Waals surface area contributed by atoms with E-state index in [0.29, 0.717) is 6.04 Å². The number of hydrogen-bond donors (Lipinski definition) is 1. The summed E-state index contributed by atoms with van der Waals surface area (Å²) in [5.41, 5.74) is -0.179. The van der Waals surface area contributed by atoms with Gasteiger partial charge < -0.3 is 10.2 Å². The summed E-state index contributed by atoms with van der Waals surface area (Å²) in [6.45, 7) is 4.05. The van der Waals surface area contributed by atoms with E-state index in [0.717, 1.165) is 57.7 Å². The Morgan fingerprint density at radius 1 is 1.17 bits per heavy atom. The Bertz CT molecular complexity index is 545. The van der Waals surface area contributed by atoms with Crippen molar-refractivity contribution in [2.24, 2.45) is 0 Å². The number of amides is 1. The average molecular weight is 315 g/mol. The van der Waals surface area contributed by atoms with Crippen molar-refractivity contribution in [1.82, 2.24) is 20.4 Å². The second-order valence-corrected chi connectivity index (χ2v) is 7.04. The maximum Gasteiger partial charge on any atom is 0.240 e. The van der Waals surface area contributed by atoms with Gasteiger partial charge in [0, 0.05) is 25.3 Å². The van der Waals surface area contributed by atoms with Crippen molar-refractivity contribution in [2.45, 2.75) is 50.1 Å². The summed E-state index contributed by atoms with van der Waals surface area (Å²) in [6.07, 6.45) is 8.08. The third-order valence-corrected chi connectivity index (χ3v) is 5.78. The average Bonchev–Trinajstić information content (AvgIpc) is 3.17. The zero-order chi connectivity index (χ0) is 15.7. The fraction of sp³-hybridized carbons (Fsp3) is 0.706. The van der Waals surface area contributed by atoms with E-state index in [1.165, 1.54) is 12.8 Å². The van der Waals surface area contributed by atoms with Crippen LogP contribution in [0.1, 0.15) is 38.5 Å². The maximum absolute atomic E-state index is 12.9. The number of rotatable bonds is 3. The largest absolute Gasteiger partial charge is 0.355 e. The van der Waals surface area contributed by atoms with Crippen LogP contribution in [0.2, 0.25) is 0 Å². The lowest BCUT2D eigenvalue weighted by molar-refractivity contribution is -0.131. The van der Waals surface area contributed by atoms with Gasteiger partial charge in [-0.1, -0.05) is 0 Å². The third kappa shape index (κ3) is 2.69. The normalized spacial score (nSPS) is 24.6. The highest BCUT2D eigenvalue weighted by molar-refractivity contribution is 5.87. The Morgan fingerprint density at radius 2 is 1.91 bits per heavy atom. The topological polar surface area (TPSA) is 61.4 Å². The Labute approximate surface area is 137 Å². The van der Waals surface area contributed by atoms with Crippen molar-refractivity contribution in [2.75, 3.05) is 31.1 Å². The van der Waals surface area contributed by atoms with Gasteiger partial charge in [0.15, 0.2) is 5.82 Å². The molecule has 124 valence electrons. The number of nitrogens with one attached hydrogen (secondary N) is 1. The second-order valence-electron chi connectivity index (χ2n) is 7.04. The standard InChI is InChI=1S/C17H25N5O/c23-16(17-7-2-10-22(17)11-3-8-17)19-14-5-12-21(13-6-14)15-4-1-9-18-20-15/h1,4,9,14H,2-3,5-8,10-13H2,(H,19,23). The van der Waals surface area contributed by atoms with Crippen molar-refractivity contribution in [3.05, 3.63) is 18.3 Å². The number of hydrogen-bond acceptors (Lipinski definition) is 5. The molecule has 6 nitrogen and oxygen atoms in total. The smallest absolute Gasteiger partial charge is 0.240 e. The predicted octanol–water partition coefficient (Wildman–Crippen LogP) is 1.19. The molecule has 4 heterocycles. The van der Waals surface area contributed by atoms with Crippen LogP contribution in [0, 0.1) is 0 Å². The molecule has 6 heteroatoms. The number of aromatic nitrogens is 2. The van der Waals surface area contributed by atoms with Crippen LogP contribution < -0.4 is 10.2 Å². The highest BCUT2D eigenvalue weighted by atomic mass is 16.2. The van der Waals surface area contributed by atoms with E-state index < -0.39 is 0 Å². The first-order chi connectivity index (χ1) is 11.3. The van der Waals surface area contributed by atoms with Crippen LogP contribution in [0.15, 0.2) is 18.3 Å². The molecule has 0 saturated carbocycles. The SMILES string of the molecule is O=C(NC1CCN(c2cccnn2)CC1)C12CCCN1CCC2. The summed E-state index contributed by atoms with van der Waals surface area (Å²) in [6, 6.07) is 4.22. The van der Waals surface area contributed by atoms with Gasteiger partial charge in [0.2, 0.25) is 5.91 Å². The Balaban J connectivity index is 1.34. The minimum Gasteiger partial charge on any atom is -0.355 e. The highest BCUT2D eigenvalue weighted by Gasteiger charge is 2.50. The monoisotopic (exact) mass is 315 g/mol. The number of nitrogens with zero attached hydrogens (tertiary/aromatic N) is 4. The zero-order valence-electron chi connectivity index (χ0n) is 13.6. The molecule has 0 aliphatic carbocycles. The van der Waals surface area contributed by atoms with Crippen LogP contribution in [-0.2, 0) is 4.79 Å². The van der Waals surface area contributed by atoms with Crippen LogP contribution in [0.3, 0.4) is 0 Å². The van der Waals surface area contributed by atoms with Crippen molar-refractivity contribution in [3.8, 4) is 0 Å². The van der Waals surface area contributed by atoms with Crippen LogP contribution in [0.5, 0.6) is 0 Å². The first-order valence-electron chi connectivity index (χ1n) is 8.87. The Morgan fingerprint density at radius 3 is 2.57 bits per heavy atom. The van der Waals surface area contributed by atoms with Gasteiger partial charge in [-0.15, -0.1) is 5.10 Å². The fourth-order valence-electron chi connectivity index (χ4n) is 4.51. The molecule has 23 heavy (non-hydrogen) atoms. The number of carbonyl (C=O) groups excluding carboxylic acids is 1. The molecule has 3 aliphatic rings. The molecule has 3 fully saturated rings. The Kier molecular flexibility index (Phi) is 3.93. The molecule has 0 radical (unpaired) electrons. The Hall–Kier alpha value is -1.69. The van der Waals surface area contributed by atoms with E-state index in [1.807, 2.05) is 12.1 Å². The third-order valence-electron chi connectivity index (χ3n) is 5.78. The second kappa shape index (κ2) is 6.07. The molecule has 1 aromatic rings. The molecule has 1 aromatic heterocycles. The number of fused-ring (bicyclic) bond motifs is 1. The van der Waals surface area contributed by atoms with Crippen molar-refractivity contribution < 1.29 is 4.79 Å². The molecule has 4 rings (SSSR count). The fourth-order valence-corrected chi connectivity index (χ4v) is 4.51. The predicted molar refractivity (Wildman–Crippen MR) is 88.2 cm³/mol. The molecule has 0 aromatic carbocycles. The van der Waals surface area contributed by atoms with Crippen molar-refractivity contribution in [3.63, 3.8) is 0 Å². The lowest BCUT2D eigenvalue weighted by Crippen LogP contribution is -2.56. The van der Waals surface area contributed by atoms with Crippen LogP contribution >= 0.6 is 0 Å². The summed E-state index contributed by atoms with van der Waals surface area (Å²) in [5, 5.41) is 11.5. The number of piperidine rings is 1. The maximum atomic E-state index is 12.9. The van der Waals surface area contributed by atoms with E-state index >= 15 is 0 Å². The van der Waals surface area contributed by atoms with Crippen molar-refractivity contribution >= 4 is 11.7 Å². The van der Waals surface area contributed by atoms with E-state index in [4.69, 9.17) is 0 Å². The lowest BCUT2D eigenvalue weighted by atomic mass is 9.92. The lowest BCUT2D eigenvalue weighted by Gasteiger charge is -2.36. The number of anilines is 1. The molecule has 3 aliphatic heterocycles. The molecular formula is C17H25N5O. The molecule has 3 saturated heterocycles. The number of carbonyl (C=O) groups is 1. The van der Waals surface area contributed by atoms with Crippen LogP contribution in [0.25, 0.3) is 0 Å². The molecule has 0 unspecified atom stereocenters. The van der Waals surface area contributed by atoms with Crippen molar-refractivity contribution in [1.29, 1.82) is 0 Å². The zero-order valence-corrected chi connectivity index (χ0v) is 13.6. The molecular weight excluding hydrogens is 290 g/mol. The van der Waals surface area contributed by atoms with Gasteiger partial charge in [0.05, 0.1) is 0 Å². The molecule has 0 atom stereocenters. The van der Waals surface area contributed by atoms with Crippen LogP contribution in [0.4, 0.5) is 5.82 Å². The van der Waals surface area contributed by atoms with Gasteiger partial charge >= 0.3 is 0 Å².